The van der Waals surface area contributed by atoms with Gasteiger partial charge in [0.15, 0.2) is 0 Å². The zero-order valence-corrected chi connectivity index (χ0v) is 18.7. The van der Waals surface area contributed by atoms with E-state index in [0.29, 0.717) is 17.4 Å². The van der Waals surface area contributed by atoms with Gasteiger partial charge in [-0.05, 0) is 55.9 Å². The number of aryl methyl sites for hydroxylation is 1. The Balaban J connectivity index is 1.36. The van der Waals surface area contributed by atoms with Crippen molar-refractivity contribution in [1.82, 2.24) is 24.4 Å². The quantitative estimate of drug-likeness (QED) is 0.526. The number of aliphatic hydroxyl groups is 1. The summed E-state index contributed by atoms with van der Waals surface area (Å²) >= 11 is 0. The standard InChI is InChI=1S/C25H25N7O/c1-25(33)8-18-13-31(14-19(18)9-25)23-4-3-16(11-27-23)21-7-17(22-5-6-30(2)29-22)15-32-24(21)20(10-26)12-28-32/h3-7,11-12,15,18-19,33H,8-9,13-14H2,1-2H3/t18-,19+,25-. The molecule has 8 nitrogen and oxygen atoms in total. The van der Waals surface area contributed by atoms with Crippen molar-refractivity contribution in [3.8, 4) is 28.5 Å². The first-order valence-corrected chi connectivity index (χ1v) is 11.3. The van der Waals surface area contributed by atoms with Crippen LogP contribution in [0.15, 0.2) is 49.1 Å². The maximum atomic E-state index is 10.4. The van der Waals surface area contributed by atoms with Gasteiger partial charge in [0.05, 0.1) is 28.6 Å². The van der Waals surface area contributed by atoms with Crippen molar-refractivity contribution in [1.29, 1.82) is 5.26 Å². The summed E-state index contributed by atoms with van der Waals surface area (Å²) in [4.78, 5) is 7.11. The second-order valence-corrected chi connectivity index (χ2v) is 9.72. The molecule has 3 atom stereocenters. The number of nitrogens with zero attached hydrogens (tertiary/aromatic N) is 7. The van der Waals surface area contributed by atoms with Crippen LogP contribution < -0.4 is 4.90 Å². The molecule has 1 aliphatic carbocycles. The van der Waals surface area contributed by atoms with Gasteiger partial charge < -0.3 is 10.0 Å². The highest BCUT2D eigenvalue weighted by molar-refractivity contribution is 5.87. The molecule has 1 aliphatic heterocycles. The Hall–Kier alpha value is -3.70. The fourth-order valence-corrected chi connectivity index (χ4v) is 5.67. The zero-order valence-electron chi connectivity index (χ0n) is 18.7. The molecule has 4 aromatic heterocycles. The van der Waals surface area contributed by atoms with Crippen molar-refractivity contribution in [2.75, 3.05) is 18.0 Å². The molecule has 4 aromatic rings. The van der Waals surface area contributed by atoms with Crippen molar-refractivity contribution in [3.05, 3.63) is 54.6 Å². The van der Waals surface area contributed by atoms with Gasteiger partial charge in [-0.2, -0.15) is 15.5 Å². The minimum absolute atomic E-state index is 0.521. The Morgan fingerprint density at radius 2 is 1.91 bits per heavy atom. The van der Waals surface area contributed by atoms with Crippen LogP contribution in [0.2, 0.25) is 0 Å². The molecule has 0 unspecified atom stereocenters. The van der Waals surface area contributed by atoms with Crippen molar-refractivity contribution in [2.45, 2.75) is 25.4 Å². The number of aromatic nitrogens is 5. The van der Waals surface area contributed by atoms with Crippen molar-refractivity contribution in [3.63, 3.8) is 0 Å². The van der Waals surface area contributed by atoms with Gasteiger partial charge in [-0.1, -0.05) is 0 Å². The number of nitriles is 1. The van der Waals surface area contributed by atoms with Crippen LogP contribution in [0.3, 0.4) is 0 Å². The lowest BCUT2D eigenvalue weighted by Gasteiger charge is -2.23. The molecule has 1 saturated carbocycles. The lowest BCUT2D eigenvalue weighted by atomic mass is 10.0. The SMILES string of the molecule is Cn1ccc(-c2cc(-c3ccc(N4C[C@@H]5C[C@](C)(O)C[C@@H]5C4)nc3)c3c(C#N)cnn3c2)n1. The smallest absolute Gasteiger partial charge is 0.128 e. The summed E-state index contributed by atoms with van der Waals surface area (Å²) in [5.74, 6) is 2.01. The molecule has 166 valence electrons. The molecule has 33 heavy (non-hydrogen) atoms. The van der Waals surface area contributed by atoms with Crippen LogP contribution >= 0.6 is 0 Å². The number of hydrogen-bond acceptors (Lipinski definition) is 6. The fourth-order valence-electron chi connectivity index (χ4n) is 5.67. The summed E-state index contributed by atoms with van der Waals surface area (Å²) in [6, 6.07) is 10.4. The van der Waals surface area contributed by atoms with Gasteiger partial charge in [0.25, 0.3) is 0 Å². The summed E-state index contributed by atoms with van der Waals surface area (Å²) in [6.07, 6.45) is 9.02. The molecule has 5 heterocycles. The van der Waals surface area contributed by atoms with Gasteiger partial charge >= 0.3 is 0 Å². The van der Waals surface area contributed by atoms with Gasteiger partial charge in [0.1, 0.15) is 11.9 Å². The van der Waals surface area contributed by atoms with Crippen LogP contribution in [0.5, 0.6) is 0 Å². The second kappa shape index (κ2) is 7.15. The van der Waals surface area contributed by atoms with Crippen LogP contribution in [0.1, 0.15) is 25.3 Å². The van der Waals surface area contributed by atoms with Crippen LogP contribution in [-0.4, -0.2) is 48.2 Å². The maximum absolute atomic E-state index is 10.4. The second-order valence-electron chi connectivity index (χ2n) is 9.72. The average molecular weight is 440 g/mol. The predicted molar refractivity (Wildman–Crippen MR) is 124 cm³/mol. The molecule has 6 rings (SSSR count). The Labute approximate surface area is 191 Å². The monoisotopic (exact) mass is 439 g/mol. The first kappa shape index (κ1) is 19.9. The Morgan fingerprint density at radius 3 is 2.55 bits per heavy atom. The molecule has 0 bridgehead atoms. The van der Waals surface area contributed by atoms with Crippen LogP contribution in [-0.2, 0) is 7.05 Å². The number of rotatable bonds is 3. The molecule has 0 spiro atoms. The van der Waals surface area contributed by atoms with E-state index in [0.717, 1.165) is 59.7 Å². The zero-order chi connectivity index (χ0) is 22.7. The largest absolute Gasteiger partial charge is 0.390 e. The topological polar surface area (TPSA) is 95.3 Å². The van der Waals surface area contributed by atoms with E-state index in [4.69, 9.17) is 4.98 Å². The Morgan fingerprint density at radius 1 is 1.12 bits per heavy atom. The van der Waals surface area contributed by atoms with E-state index in [2.05, 4.69) is 39.4 Å². The van der Waals surface area contributed by atoms with E-state index >= 15 is 0 Å². The highest BCUT2D eigenvalue weighted by Crippen LogP contribution is 2.44. The number of anilines is 1. The predicted octanol–water partition coefficient (Wildman–Crippen LogP) is 3.27. The first-order valence-electron chi connectivity index (χ1n) is 11.3. The molecule has 2 fully saturated rings. The fraction of sp³-hybridized carbons (Fsp3) is 0.360. The van der Waals surface area contributed by atoms with E-state index in [1.807, 2.05) is 38.6 Å². The molecular weight excluding hydrogens is 414 g/mol. The number of pyridine rings is 2. The molecular formula is C25H25N7O. The summed E-state index contributed by atoms with van der Waals surface area (Å²) in [5, 5.41) is 28.9. The van der Waals surface area contributed by atoms with Crippen LogP contribution in [0.25, 0.3) is 27.9 Å². The molecule has 0 radical (unpaired) electrons. The van der Waals surface area contributed by atoms with E-state index < -0.39 is 5.60 Å². The van der Waals surface area contributed by atoms with Gasteiger partial charge in [0.2, 0.25) is 0 Å². The van der Waals surface area contributed by atoms with Gasteiger partial charge in [-0.15, -0.1) is 0 Å². The lowest BCUT2D eigenvalue weighted by Crippen LogP contribution is -2.27. The molecule has 1 saturated heterocycles. The minimum atomic E-state index is -0.521. The van der Waals surface area contributed by atoms with Crippen LogP contribution in [0.4, 0.5) is 5.82 Å². The lowest BCUT2D eigenvalue weighted by molar-refractivity contribution is 0.0601. The third kappa shape index (κ3) is 3.36. The molecule has 2 aliphatic rings. The summed E-state index contributed by atoms with van der Waals surface area (Å²) in [7, 11) is 1.89. The van der Waals surface area contributed by atoms with Crippen LogP contribution in [0, 0.1) is 23.2 Å². The normalized spacial score (nSPS) is 24.4. The van der Waals surface area contributed by atoms with Crippen molar-refractivity contribution >= 4 is 11.3 Å². The summed E-state index contributed by atoms with van der Waals surface area (Å²) < 4.78 is 3.52. The Kier molecular flexibility index (Phi) is 4.32. The van der Waals surface area contributed by atoms with Crippen molar-refractivity contribution < 1.29 is 5.11 Å². The third-order valence-electron chi connectivity index (χ3n) is 7.10. The maximum Gasteiger partial charge on any atom is 0.128 e. The Bertz CT molecular complexity index is 1380. The highest BCUT2D eigenvalue weighted by atomic mass is 16.3. The van der Waals surface area contributed by atoms with Gasteiger partial charge in [-0.25, -0.2) is 9.50 Å². The van der Waals surface area contributed by atoms with Crippen molar-refractivity contribution in [2.24, 2.45) is 18.9 Å². The molecule has 0 amide bonds. The third-order valence-corrected chi connectivity index (χ3v) is 7.10. The van der Waals surface area contributed by atoms with E-state index in [1.54, 1.807) is 15.4 Å². The average Bonchev–Trinajstić information content (AvgIpc) is 3.55. The highest BCUT2D eigenvalue weighted by Gasteiger charge is 2.46. The van der Waals surface area contributed by atoms with E-state index in [-0.39, 0.29) is 0 Å². The first-order chi connectivity index (χ1) is 15.9. The molecule has 8 heteroatoms. The van der Waals surface area contributed by atoms with Gasteiger partial charge in [0, 0.05) is 55.4 Å². The minimum Gasteiger partial charge on any atom is -0.390 e. The summed E-state index contributed by atoms with van der Waals surface area (Å²) in [5.41, 5.74) is 4.38. The molecule has 0 aromatic carbocycles. The number of hydrogen-bond donors (Lipinski definition) is 1. The van der Waals surface area contributed by atoms with E-state index in [1.165, 1.54) is 0 Å². The van der Waals surface area contributed by atoms with Gasteiger partial charge in [-0.3, -0.25) is 4.68 Å². The molecule has 1 N–H and O–H groups in total. The number of fused-ring (bicyclic) bond motifs is 2. The van der Waals surface area contributed by atoms with E-state index in [9.17, 15) is 10.4 Å². The summed E-state index contributed by atoms with van der Waals surface area (Å²) in [6.45, 7) is 3.83.